The van der Waals surface area contributed by atoms with E-state index in [1.807, 2.05) is 13.0 Å². The predicted molar refractivity (Wildman–Crippen MR) is 83.2 cm³/mol. The van der Waals surface area contributed by atoms with Crippen molar-refractivity contribution in [3.8, 4) is 0 Å². The number of benzene rings is 1. The number of ether oxygens (including phenoxy) is 1. The van der Waals surface area contributed by atoms with E-state index in [1.54, 1.807) is 18.2 Å². The second kappa shape index (κ2) is 8.64. The van der Waals surface area contributed by atoms with Crippen molar-refractivity contribution in [1.82, 2.24) is 5.32 Å². The highest BCUT2D eigenvalue weighted by molar-refractivity contribution is 6.30. The van der Waals surface area contributed by atoms with Crippen molar-refractivity contribution >= 4 is 23.5 Å². The van der Waals surface area contributed by atoms with E-state index >= 15 is 0 Å². The van der Waals surface area contributed by atoms with Gasteiger partial charge < -0.3 is 25.4 Å². The molecular formula is C15H18ClNO6. The molecule has 8 heteroatoms. The SMILES string of the molecule is CC1NCCOC1(O)c1cccc(Cl)c1.O=C(O)/C=C/C(=O)O. The van der Waals surface area contributed by atoms with Gasteiger partial charge in [-0.1, -0.05) is 23.7 Å². The zero-order valence-electron chi connectivity index (χ0n) is 12.4. The van der Waals surface area contributed by atoms with E-state index in [1.165, 1.54) is 0 Å². The number of hydrogen-bond acceptors (Lipinski definition) is 5. The zero-order valence-corrected chi connectivity index (χ0v) is 13.2. The molecule has 2 unspecified atom stereocenters. The van der Waals surface area contributed by atoms with Crippen LogP contribution in [0.1, 0.15) is 12.5 Å². The first-order valence-electron chi connectivity index (χ1n) is 6.75. The van der Waals surface area contributed by atoms with Crippen molar-refractivity contribution < 1.29 is 29.6 Å². The van der Waals surface area contributed by atoms with Crippen LogP contribution in [0.25, 0.3) is 0 Å². The number of hydrogen-bond donors (Lipinski definition) is 4. The van der Waals surface area contributed by atoms with Gasteiger partial charge in [-0.2, -0.15) is 0 Å². The van der Waals surface area contributed by atoms with Gasteiger partial charge in [-0.15, -0.1) is 0 Å². The lowest BCUT2D eigenvalue weighted by Gasteiger charge is -2.38. The van der Waals surface area contributed by atoms with Gasteiger partial charge in [0.05, 0.1) is 12.6 Å². The molecule has 0 saturated carbocycles. The van der Waals surface area contributed by atoms with Crippen molar-refractivity contribution in [2.75, 3.05) is 13.2 Å². The summed E-state index contributed by atoms with van der Waals surface area (Å²) < 4.78 is 5.45. The van der Waals surface area contributed by atoms with Crippen molar-refractivity contribution in [3.05, 3.63) is 47.0 Å². The molecule has 0 aliphatic carbocycles. The number of aliphatic hydroxyl groups is 1. The number of aliphatic carboxylic acids is 2. The summed E-state index contributed by atoms with van der Waals surface area (Å²) in [4.78, 5) is 19.1. The van der Waals surface area contributed by atoms with Crippen LogP contribution in [0.2, 0.25) is 5.02 Å². The number of carboxylic acids is 2. The molecule has 0 radical (unpaired) electrons. The highest BCUT2D eigenvalue weighted by atomic mass is 35.5. The molecule has 23 heavy (non-hydrogen) atoms. The van der Waals surface area contributed by atoms with Gasteiger partial charge >= 0.3 is 11.9 Å². The van der Waals surface area contributed by atoms with Crippen LogP contribution in [0.5, 0.6) is 0 Å². The molecule has 4 N–H and O–H groups in total. The zero-order chi connectivity index (χ0) is 17.5. The van der Waals surface area contributed by atoms with Crippen LogP contribution in [0.15, 0.2) is 36.4 Å². The lowest BCUT2D eigenvalue weighted by molar-refractivity contribution is -0.245. The number of carboxylic acid groups (broad SMARTS) is 2. The summed E-state index contributed by atoms with van der Waals surface area (Å²) in [5, 5.41) is 29.8. The molecule has 1 saturated heterocycles. The molecule has 1 aliphatic heterocycles. The minimum atomic E-state index is -1.27. The molecule has 126 valence electrons. The topological polar surface area (TPSA) is 116 Å². The van der Waals surface area contributed by atoms with Crippen LogP contribution in [0.3, 0.4) is 0 Å². The summed E-state index contributed by atoms with van der Waals surface area (Å²) in [6.45, 7) is 3.14. The maximum atomic E-state index is 10.4. The summed E-state index contributed by atoms with van der Waals surface area (Å²) in [6.07, 6.45) is 1.12. The van der Waals surface area contributed by atoms with Gasteiger partial charge in [-0.3, -0.25) is 0 Å². The third kappa shape index (κ3) is 5.99. The van der Waals surface area contributed by atoms with Crippen LogP contribution in [0, 0.1) is 0 Å². The Morgan fingerprint density at radius 1 is 1.35 bits per heavy atom. The van der Waals surface area contributed by atoms with E-state index in [-0.39, 0.29) is 6.04 Å². The highest BCUT2D eigenvalue weighted by Crippen LogP contribution is 2.30. The second-order valence-electron chi connectivity index (χ2n) is 4.74. The standard InChI is InChI=1S/C11H14ClNO2.C4H4O4/c1-8-11(14,15-6-5-13-8)9-3-2-4-10(12)7-9;5-3(6)1-2-4(7)8/h2-4,7-8,13-14H,5-6H2,1H3;1-2H,(H,5,6)(H,7,8)/b;2-1+. The number of morpholine rings is 1. The van der Waals surface area contributed by atoms with Crippen LogP contribution < -0.4 is 5.32 Å². The molecule has 0 amide bonds. The monoisotopic (exact) mass is 343 g/mol. The van der Waals surface area contributed by atoms with Gasteiger partial charge in [-0.25, -0.2) is 9.59 Å². The fourth-order valence-electron chi connectivity index (χ4n) is 1.93. The van der Waals surface area contributed by atoms with E-state index in [4.69, 9.17) is 26.6 Å². The van der Waals surface area contributed by atoms with Crippen molar-refractivity contribution in [1.29, 1.82) is 0 Å². The van der Waals surface area contributed by atoms with E-state index in [9.17, 15) is 14.7 Å². The van der Waals surface area contributed by atoms with Crippen LogP contribution in [-0.2, 0) is 20.1 Å². The minimum Gasteiger partial charge on any atom is -0.478 e. The Morgan fingerprint density at radius 3 is 2.43 bits per heavy atom. The molecular weight excluding hydrogens is 326 g/mol. The Bertz CT molecular complexity index is 575. The molecule has 1 aromatic carbocycles. The number of carbonyl (C=O) groups is 2. The van der Waals surface area contributed by atoms with E-state index in [0.717, 1.165) is 6.54 Å². The Hall–Kier alpha value is -1.93. The summed E-state index contributed by atoms with van der Waals surface area (Å²) >= 11 is 5.89. The molecule has 1 aliphatic rings. The average Bonchev–Trinajstić information content (AvgIpc) is 2.49. The Kier molecular flexibility index (Phi) is 7.18. The summed E-state index contributed by atoms with van der Waals surface area (Å²) in [7, 11) is 0. The van der Waals surface area contributed by atoms with Crippen LogP contribution in [-0.4, -0.2) is 46.5 Å². The summed E-state index contributed by atoms with van der Waals surface area (Å²) in [5.74, 6) is -3.79. The molecule has 0 aromatic heterocycles. The maximum absolute atomic E-state index is 10.4. The van der Waals surface area contributed by atoms with Gasteiger partial charge in [-0.05, 0) is 19.1 Å². The lowest BCUT2D eigenvalue weighted by atomic mass is 9.98. The van der Waals surface area contributed by atoms with E-state index in [0.29, 0.717) is 29.3 Å². The molecule has 2 atom stereocenters. The quantitative estimate of drug-likeness (QED) is 0.609. The van der Waals surface area contributed by atoms with Crippen molar-refractivity contribution in [3.63, 3.8) is 0 Å². The van der Waals surface area contributed by atoms with E-state index in [2.05, 4.69) is 5.32 Å². The molecule has 1 aromatic rings. The molecule has 0 bridgehead atoms. The van der Waals surface area contributed by atoms with Crippen molar-refractivity contribution in [2.24, 2.45) is 0 Å². The fraction of sp³-hybridized carbons (Fsp3) is 0.333. The normalized spacial score (nSPS) is 23.9. The van der Waals surface area contributed by atoms with Crippen LogP contribution >= 0.6 is 11.6 Å². The van der Waals surface area contributed by atoms with Gasteiger partial charge in [0.1, 0.15) is 0 Å². The Balaban J connectivity index is 0.000000284. The van der Waals surface area contributed by atoms with E-state index < -0.39 is 17.7 Å². The second-order valence-corrected chi connectivity index (χ2v) is 5.18. The third-order valence-electron chi connectivity index (χ3n) is 3.07. The largest absolute Gasteiger partial charge is 0.478 e. The number of nitrogens with one attached hydrogen (secondary N) is 1. The van der Waals surface area contributed by atoms with Gasteiger partial charge in [0, 0.05) is 29.3 Å². The van der Waals surface area contributed by atoms with Crippen LogP contribution in [0.4, 0.5) is 0 Å². The molecule has 1 fully saturated rings. The van der Waals surface area contributed by atoms with Gasteiger partial charge in [0.25, 0.3) is 0 Å². The molecule has 1 heterocycles. The lowest BCUT2D eigenvalue weighted by Crippen LogP contribution is -2.54. The molecule has 0 spiro atoms. The van der Waals surface area contributed by atoms with Crippen molar-refractivity contribution in [2.45, 2.75) is 18.8 Å². The Morgan fingerprint density at radius 2 is 1.96 bits per heavy atom. The molecule has 7 nitrogen and oxygen atoms in total. The summed E-state index contributed by atoms with van der Waals surface area (Å²) in [6, 6.07) is 6.97. The maximum Gasteiger partial charge on any atom is 0.328 e. The number of halogens is 1. The first-order valence-corrected chi connectivity index (χ1v) is 7.13. The minimum absolute atomic E-state index is 0.148. The first kappa shape index (κ1) is 19.1. The predicted octanol–water partition coefficient (Wildman–Crippen LogP) is 1.21. The first-order chi connectivity index (χ1) is 10.8. The highest BCUT2D eigenvalue weighted by Gasteiger charge is 2.39. The molecule has 2 rings (SSSR count). The number of rotatable bonds is 3. The third-order valence-corrected chi connectivity index (χ3v) is 3.30. The fourth-order valence-corrected chi connectivity index (χ4v) is 2.12. The summed E-state index contributed by atoms with van der Waals surface area (Å²) in [5.41, 5.74) is 0.690. The van der Waals surface area contributed by atoms with Gasteiger partial charge in [0.15, 0.2) is 0 Å². The Labute approximate surface area is 138 Å². The van der Waals surface area contributed by atoms with Gasteiger partial charge in [0.2, 0.25) is 5.79 Å². The average molecular weight is 344 g/mol. The smallest absolute Gasteiger partial charge is 0.328 e.